The van der Waals surface area contributed by atoms with E-state index >= 15 is 0 Å². The monoisotopic (exact) mass is 257 g/mol. The summed E-state index contributed by atoms with van der Waals surface area (Å²) in [4.78, 5) is 8.80. The SMILES string of the molecule is COc1c(C)cc(-c2nc(C)cc(N)n2)c(C)c1C. The lowest BCUT2D eigenvalue weighted by atomic mass is 9.98. The number of methoxy groups -OCH3 is 1. The Kier molecular flexibility index (Phi) is 3.42. The first-order chi connectivity index (χ1) is 8.93. The molecule has 0 radical (unpaired) electrons. The molecule has 0 aliphatic carbocycles. The van der Waals surface area contributed by atoms with Gasteiger partial charge in [-0.25, -0.2) is 9.97 Å². The standard InChI is InChI=1S/C15H19N3O/c1-8-6-12(10(3)11(4)14(8)19-5)15-17-9(2)7-13(16)18-15/h6-7H,1-5H3,(H2,16,17,18). The van der Waals surface area contributed by atoms with E-state index in [1.807, 2.05) is 20.8 Å². The van der Waals surface area contributed by atoms with Crippen molar-refractivity contribution in [3.05, 3.63) is 34.5 Å². The summed E-state index contributed by atoms with van der Waals surface area (Å²) in [6.45, 7) is 8.03. The van der Waals surface area contributed by atoms with Gasteiger partial charge in [-0.05, 0) is 50.5 Å². The number of benzene rings is 1. The number of anilines is 1. The van der Waals surface area contributed by atoms with Gasteiger partial charge in [-0.15, -0.1) is 0 Å². The Bertz CT molecular complexity index is 616. The molecule has 19 heavy (non-hydrogen) atoms. The zero-order valence-electron chi connectivity index (χ0n) is 12.0. The number of aryl methyl sites for hydroxylation is 2. The maximum absolute atomic E-state index is 5.80. The van der Waals surface area contributed by atoms with E-state index in [0.29, 0.717) is 11.6 Å². The first kappa shape index (κ1) is 13.3. The van der Waals surface area contributed by atoms with Crippen LogP contribution in [0, 0.1) is 27.7 Å². The molecule has 100 valence electrons. The van der Waals surface area contributed by atoms with Crippen molar-refractivity contribution in [2.24, 2.45) is 0 Å². The minimum absolute atomic E-state index is 0.494. The third-order valence-electron chi connectivity index (χ3n) is 3.35. The summed E-state index contributed by atoms with van der Waals surface area (Å²) >= 11 is 0. The minimum Gasteiger partial charge on any atom is -0.496 e. The highest BCUT2D eigenvalue weighted by Gasteiger charge is 2.14. The molecule has 0 bridgehead atoms. The van der Waals surface area contributed by atoms with Gasteiger partial charge in [-0.2, -0.15) is 0 Å². The molecule has 0 atom stereocenters. The lowest BCUT2D eigenvalue weighted by Crippen LogP contribution is -2.01. The van der Waals surface area contributed by atoms with Gasteiger partial charge in [-0.1, -0.05) is 0 Å². The predicted molar refractivity (Wildman–Crippen MR) is 77.4 cm³/mol. The van der Waals surface area contributed by atoms with Crippen molar-refractivity contribution in [1.29, 1.82) is 0 Å². The molecule has 2 aromatic rings. The van der Waals surface area contributed by atoms with E-state index in [4.69, 9.17) is 10.5 Å². The largest absolute Gasteiger partial charge is 0.496 e. The number of hydrogen-bond donors (Lipinski definition) is 1. The Morgan fingerprint density at radius 2 is 1.68 bits per heavy atom. The Hall–Kier alpha value is -2.10. The Balaban J connectivity index is 2.69. The van der Waals surface area contributed by atoms with Gasteiger partial charge in [0.15, 0.2) is 5.82 Å². The van der Waals surface area contributed by atoms with Gasteiger partial charge in [0, 0.05) is 17.3 Å². The van der Waals surface area contributed by atoms with Crippen LogP contribution < -0.4 is 10.5 Å². The Morgan fingerprint density at radius 3 is 2.26 bits per heavy atom. The van der Waals surface area contributed by atoms with Crippen LogP contribution in [0.25, 0.3) is 11.4 Å². The molecule has 0 fully saturated rings. The lowest BCUT2D eigenvalue weighted by Gasteiger charge is -2.15. The van der Waals surface area contributed by atoms with Crippen molar-refractivity contribution in [1.82, 2.24) is 9.97 Å². The molecule has 1 aromatic carbocycles. The molecule has 2 rings (SSSR count). The third kappa shape index (κ3) is 2.38. The second-order valence-corrected chi connectivity index (χ2v) is 4.78. The summed E-state index contributed by atoms with van der Waals surface area (Å²) < 4.78 is 5.43. The van der Waals surface area contributed by atoms with Gasteiger partial charge in [0.05, 0.1) is 7.11 Å². The third-order valence-corrected chi connectivity index (χ3v) is 3.35. The van der Waals surface area contributed by atoms with Gasteiger partial charge in [0.2, 0.25) is 0 Å². The average Bonchev–Trinajstić information content (AvgIpc) is 2.33. The topological polar surface area (TPSA) is 61.0 Å². The summed E-state index contributed by atoms with van der Waals surface area (Å²) in [6.07, 6.45) is 0. The van der Waals surface area contributed by atoms with Crippen LogP contribution in [-0.4, -0.2) is 17.1 Å². The van der Waals surface area contributed by atoms with E-state index in [1.54, 1.807) is 13.2 Å². The molecule has 0 aliphatic rings. The molecule has 0 saturated heterocycles. The predicted octanol–water partition coefficient (Wildman–Crippen LogP) is 2.97. The number of nitrogens with two attached hydrogens (primary N) is 1. The molecule has 2 N–H and O–H groups in total. The molecule has 0 unspecified atom stereocenters. The molecule has 0 spiro atoms. The van der Waals surface area contributed by atoms with E-state index in [9.17, 15) is 0 Å². The van der Waals surface area contributed by atoms with Crippen molar-refractivity contribution >= 4 is 5.82 Å². The lowest BCUT2D eigenvalue weighted by molar-refractivity contribution is 0.408. The van der Waals surface area contributed by atoms with Crippen LogP contribution >= 0.6 is 0 Å². The van der Waals surface area contributed by atoms with Crippen molar-refractivity contribution in [3.8, 4) is 17.1 Å². The number of nitrogens with zero attached hydrogens (tertiary/aromatic N) is 2. The van der Waals surface area contributed by atoms with E-state index < -0.39 is 0 Å². The highest BCUT2D eigenvalue weighted by molar-refractivity contribution is 5.67. The number of aromatic nitrogens is 2. The van der Waals surface area contributed by atoms with Crippen molar-refractivity contribution in [2.45, 2.75) is 27.7 Å². The van der Waals surface area contributed by atoms with Crippen LogP contribution in [0.4, 0.5) is 5.82 Å². The Morgan fingerprint density at radius 1 is 1.00 bits per heavy atom. The summed E-state index contributed by atoms with van der Waals surface area (Å²) in [6, 6.07) is 3.82. The first-order valence-electron chi connectivity index (χ1n) is 6.20. The van der Waals surface area contributed by atoms with Gasteiger partial charge < -0.3 is 10.5 Å². The Labute approximate surface area is 113 Å². The molecular weight excluding hydrogens is 238 g/mol. The van der Waals surface area contributed by atoms with Crippen LogP contribution in [-0.2, 0) is 0 Å². The van der Waals surface area contributed by atoms with E-state index in [-0.39, 0.29) is 0 Å². The molecule has 0 saturated carbocycles. The number of rotatable bonds is 2. The zero-order chi connectivity index (χ0) is 14.2. The van der Waals surface area contributed by atoms with Crippen LogP contribution in [0.15, 0.2) is 12.1 Å². The van der Waals surface area contributed by atoms with E-state index in [1.165, 1.54) is 0 Å². The fraction of sp³-hybridized carbons (Fsp3) is 0.333. The summed E-state index contributed by atoms with van der Waals surface area (Å²) in [5.74, 6) is 2.08. The summed E-state index contributed by atoms with van der Waals surface area (Å²) in [5, 5.41) is 0. The molecule has 0 aliphatic heterocycles. The fourth-order valence-electron chi connectivity index (χ4n) is 2.32. The van der Waals surface area contributed by atoms with Crippen LogP contribution in [0.2, 0.25) is 0 Å². The summed E-state index contributed by atoms with van der Waals surface area (Å²) in [5.41, 5.74) is 11.0. The first-order valence-corrected chi connectivity index (χ1v) is 6.20. The molecule has 1 aromatic heterocycles. The average molecular weight is 257 g/mol. The van der Waals surface area contributed by atoms with E-state index in [2.05, 4.69) is 23.0 Å². The fourth-order valence-corrected chi connectivity index (χ4v) is 2.32. The van der Waals surface area contributed by atoms with Crippen LogP contribution in [0.3, 0.4) is 0 Å². The van der Waals surface area contributed by atoms with Gasteiger partial charge >= 0.3 is 0 Å². The zero-order valence-corrected chi connectivity index (χ0v) is 12.0. The molecule has 4 nitrogen and oxygen atoms in total. The second kappa shape index (κ2) is 4.88. The van der Waals surface area contributed by atoms with Crippen molar-refractivity contribution in [3.63, 3.8) is 0 Å². The van der Waals surface area contributed by atoms with Crippen molar-refractivity contribution in [2.75, 3.05) is 12.8 Å². The molecule has 1 heterocycles. The number of nitrogen functional groups attached to an aromatic ring is 1. The highest BCUT2D eigenvalue weighted by Crippen LogP contribution is 2.33. The van der Waals surface area contributed by atoms with Crippen LogP contribution in [0.5, 0.6) is 5.75 Å². The van der Waals surface area contributed by atoms with Gasteiger partial charge in [0.1, 0.15) is 11.6 Å². The van der Waals surface area contributed by atoms with E-state index in [0.717, 1.165) is 33.7 Å². The number of ether oxygens (including phenoxy) is 1. The van der Waals surface area contributed by atoms with Gasteiger partial charge in [0.25, 0.3) is 0 Å². The van der Waals surface area contributed by atoms with Crippen LogP contribution in [0.1, 0.15) is 22.4 Å². The quantitative estimate of drug-likeness (QED) is 0.898. The smallest absolute Gasteiger partial charge is 0.162 e. The summed E-state index contributed by atoms with van der Waals surface area (Å²) in [7, 11) is 1.69. The normalized spacial score (nSPS) is 10.6. The molecular formula is C15H19N3O. The maximum Gasteiger partial charge on any atom is 0.162 e. The number of hydrogen-bond acceptors (Lipinski definition) is 4. The molecule has 0 amide bonds. The second-order valence-electron chi connectivity index (χ2n) is 4.78. The minimum atomic E-state index is 0.494. The van der Waals surface area contributed by atoms with Crippen molar-refractivity contribution < 1.29 is 4.74 Å². The molecule has 4 heteroatoms. The highest BCUT2D eigenvalue weighted by atomic mass is 16.5. The van der Waals surface area contributed by atoms with Gasteiger partial charge in [-0.3, -0.25) is 0 Å². The maximum atomic E-state index is 5.80.